The van der Waals surface area contributed by atoms with Crippen LogP contribution in [0.3, 0.4) is 0 Å². The van der Waals surface area contributed by atoms with Gasteiger partial charge in [0.25, 0.3) is 0 Å². The van der Waals surface area contributed by atoms with Crippen molar-refractivity contribution in [2.75, 3.05) is 9.93 Å². The van der Waals surface area contributed by atoms with E-state index in [9.17, 15) is 8.42 Å². The molecule has 0 aliphatic rings. The Kier molecular flexibility index (Phi) is 3.64. The molecule has 6 heteroatoms. The van der Waals surface area contributed by atoms with E-state index >= 15 is 0 Å². The van der Waals surface area contributed by atoms with E-state index in [1.165, 1.54) is 0 Å². The molecule has 14 heavy (non-hydrogen) atoms. The van der Waals surface area contributed by atoms with Gasteiger partial charge in [0.2, 0.25) is 10.0 Å². The summed E-state index contributed by atoms with van der Waals surface area (Å²) in [5.74, 6) is 0. The lowest BCUT2D eigenvalue weighted by molar-refractivity contribution is 0.605. The maximum atomic E-state index is 11.1. The van der Waals surface area contributed by atoms with Crippen LogP contribution in [0.5, 0.6) is 0 Å². The first-order valence-corrected chi connectivity index (χ1v) is 6.34. The molecule has 0 aliphatic heterocycles. The minimum atomic E-state index is -3.45. The summed E-state index contributed by atoms with van der Waals surface area (Å²) in [5.41, 5.74) is 1.31. The Morgan fingerprint density at radius 2 is 2.07 bits per heavy atom. The molecule has 0 heterocycles. The van der Waals surface area contributed by atoms with Gasteiger partial charge in [0.15, 0.2) is 0 Å². The van der Waals surface area contributed by atoms with E-state index in [0.717, 1.165) is 5.56 Å². The molecule has 0 aromatic heterocycles. The molecule has 0 fully saturated rings. The van der Waals surface area contributed by atoms with E-state index in [0.29, 0.717) is 10.7 Å². The molecule has 0 atom stereocenters. The minimum absolute atomic E-state index is 0.418. The Hall–Kier alpha value is -0.450. The van der Waals surface area contributed by atoms with E-state index < -0.39 is 15.2 Å². The number of nitrogens with one attached hydrogen (secondary N) is 1. The molecule has 0 unspecified atom stereocenters. The zero-order valence-corrected chi connectivity index (χ0v) is 9.75. The summed E-state index contributed by atoms with van der Waals surface area (Å²) in [6.45, 7) is 1.84. The predicted molar refractivity (Wildman–Crippen MR) is 59.5 cm³/mol. The normalized spacial score (nSPS) is 11.4. The SMILES string of the molecule is Cc1ccc(NS(=O)(=O)CCl)cc1Cl. The third-order valence-corrected chi connectivity index (χ3v) is 3.69. The van der Waals surface area contributed by atoms with Crippen LogP contribution in [-0.2, 0) is 10.0 Å². The van der Waals surface area contributed by atoms with Crippen LogP contribution in [0.25, 0.3) is 0 Å². The van der Waals surface area contributed by atoms with Gasteiger partial charge >= 0.3 is 0 Å². The van der Waals surface area contributed by atoms with Gasteiger partial charge < -0.3 is 0 Å². The van der Waals surface area contributed by atoms with Gasteiger partial charge in [-0.2, -0.15) is 0 Å². The van der Waals surface area contributed by atoms with E-state index in [1.54, 1.807) is 18.2 Å². The second kappa shape index (κ2) is 4.38. The summed E-state index contributed by atoms with van der Waals surface area (Å²) in [7, 11) is -3.45. The van der Waals surface area contributed by atoms with Gasteiger partial charge in [0.1, 0.15) is 5.21 Å². The fourth-order valence-electron chi connectivity index (χ4n) is 0.863. The van der Waals surface area contributed by atoms with Crippen molar-refractivity contribution in [2.24, 2.45) is 0 Å². The van der Waals surface area contributed by atoms with Gasteiger partial charge in [0, 0.05) is 5.02 Å². The van der Waals surface area contributed by atoms with Gasteiger partial charge in [0.05, 0.1) is 5.69 Å². The van der Waals surface area contributed by atoms with Crippen molar-refractivity contribution in [3.63, 3.8) is 0 Å². The lowest BCUT2D eigenvalue weighted by atomic mass is 10.2. The Morgan fingerprint density at radius 3 is 2.57 bits per heavy atom. The standard InChI is InChI=1S/C8H9Cl2NO2S/c1-6-2-3-7(4-8(6)10)11-14(12,13)5-9/h2-4,11H,5H2,1H3. The van der Waals surface area contributed by atoms with Crippen molar-refractivity contribution < 1.29 is 8.42 Å². The fraction of sp³-hybridized carbons (Fsp3) is 0.250. The van der Waals surface area contributed by atoms with Crippen LogP contribution in [-0.4, -0.2) is 13.6 Å². The third kappa shape index (κ3) is 3.04. The summed E-state index contributed by atoms with van der Waals surface area (Å²) in [4.78, 5) is 0. The highest BCUT2D eigenvalue weighted by atomic mass is 35.5. The van der Waals surface area contributed by atoms with Gasteiger partial charge in [-0.1, -0.05) is 17.7 Å². The highest BCUT2D eigenvalue weighted by molar-refractivity contribution is 7.93. The van der Waals surface area contributed by atoms with Crippen LogP contribution in [0.4, 0.5) is 5.69 Å². The summed E-state index contributed by atoms with van der Waals surface area (Å²) >= 11 is 11.0. The molecular formula is C8H9Cl2NO2S. The minimum Gasteiger partial charge on any atom is -0.283 e. The van der Waals surface area contributed by atoms with Crippen LogP contribution >= 0.6 is 23.2 Å². The molecular weight excluding hydrogens is 245 g/mol. The molecule has 0 saturated heterocycles. The van der Waals surface area contributed by atoms with E-state index in [4.69, 9.17) is 23.2 Å². The molecule has 0 aliphatic carbocycles. The van der Waals surface area contributed by atoms with Crippen molar-refractivity contribution in [1.82, 2.24) is 0 Å². The summed E-state index contributed by atoms with van der Waals surface area (Å²) < 4.78 is 24.4. The number of alkyl halides is 1. The quantitative estimate of drug-likeness (QED) is 0.842. The molecule has 3 nitrogen and oxygen atoms in total. The van der Waals surface area contributed by atoms with Crippen LogP contribution in [0, 0.1) is 6.92 Å². The first-order valence-electron chi connectivity index (χ1n) is 3.77. The Bertz CT molecular complexity index is 431. The third-order valence-electron chi connectivity index (χ3n) is 1.59. The van der Waals surface area contributed by atoms with Gasteiger partial charge in [-0.05, 0) is 24.6 Å². The lowest BCUT2D eigenvalue weighted by Crippen LogP contribution is -2.13. The van der Waals surface area contributed by atoms with Crippen molar-refractivity contribution in [2.45, 2.75) is 6.92 Å². The Morgan fingerprint density at radius 1 is 1.43 bits per heavy atom. The topological polar surface area (TPSA) is 46.2 Å². The van der Waals surface area contributed by atoms with E-state index in [-0.39, 0.29) is 0 Å². The van der Waals surface area contributed by atoms with Crippen molar-refractivity contribution in [1.29, 1.82) is 0 Å². The number of anilines is 1. The van der Waals surface area contributed by atoms with Gasteiger partial charge in [-0.15, -0.1) is 11.6 Å². The number of halogens is 2. The van der Waals surface area contributed by atoms with Crippen LogP contribution in [0.1, 0.15) is 5.56 Å². The molecule has 1 N–H and O–H groups in total. The first-order chi connectivity index (χ1) is 6.44. The molecule has 1 rings (SSSR count). The number of sulfonamides is 1. The van der Waals surface area contributed by atoms with Crippen LogP contribution in [0.15, 0.2) is 18.2 Å². The highest BCUT2D eigenvalue weighted by Crippen LogP contribution is 2.20. The average Bonchev–Trinajstić information content (AvgIpc) is 2.11. The second-order valence-electron chi connectivity index (χ2n) is 2.79. The monoisotopic (exact) mass is 253 g/mol. The summed E-state index contributed by atoms with van der Waals surface area (Å²) in [6, 6.07) is 4.90. The number of rotatable bonds is 3. The molecule has 0 bridgehead atoms. The Balaban J connectivity index is 2.94. The number of benzene rings is 1. The number of hydrogen-bond donors (Lipinski definition) is 1. The smallest absolute Gasteiger partial charge is 0.246 e. The average molecular weight is 254 g/mol. The zero-order valence-electron chi connectivity index (χ0n) is 7.42. The van der Waals surface area contributed by atoms with Gasteiger partial charge in [-0.25, -0.2) is 8.42 Å². The fourth-order valence-corrected chi connectivity index (χ4v) is 1.75. The zero-order chi connectivity index (χ0) is 10.8. The molecule has 0 radical (unpaired) electrons. The van der Waals surface area contributed by atoms with Gasteiger partial charge in [-0.3, -0.25) is 4.72 Å². The highest BCUT2D eigenvalue weighted by Gasteiger charge is 2.08. The maximum Gasteiger partial charge on any atom is 0.246 e. The second-order valence-corrected chi connectivity index (χ2v) is 5.50. The van der Waals surface area contributed by atoms with Crippen molar-refractivity contribution in [3.05, 3.63) is 28.8 Å². The van der Waals surface area contributed by atoms with E-state index in [1.807, 2.05) is 6.92 Å². The van der Waals surface area contributed by atoms with Crippen molar-refractivity contribution >= 4 is 38.9 Å². The number of hydrogen-bond acceptors (Lipinski definition) is 2. The summed E-state index contributed by atoms with van der Waals surface area (Å²) in [5, 5.41) is 0.0400. The van der Waals surface area contributed by atoms with Crippen molar-refractivity contribution in [3.8, 4) is 0 Å². The van der Waals surface area contributed by atoms with Crippen LogP contribution in [0.2, 0.25) is 5.02 Å². The maximum absolute atomic E-state index is 11.1. The largest absolute Gasteiger partial charge is 0.283 e. The molecule has 0 amide bonds. The number of aryl methyl sites for hydroxylation is 1. The molecule has 78 valence electrons. The predicted octanol–water partition coefficient (Wildman–Crippen LogP) is 2.59. The lowest BCUT2D eigenvalue weighted by Gasteiger charge is -2.06. The molecule has 1 aromatic carbocycles. The summed E-state index contributed by atoms with van der Waals surface area (Å²) in [6.07, 6.45) is 0. The molecule has 1 aromatic rings. The van der Waals surface area contributed by atoms with E-state index in [2.05, 4.69) is 4.72 Å². The molecule has 0 saturated carbocycles. The molecule has 0 spiro atoms. The van der Waals surface area contributed by atoms with Crippen LogP contribution < -0.4 is 4.72 Å². The Labute approximate surface area is 93.1 Å². The first kappa shape index (κ1) is 11.6.